The maximum absolute atomic E-state index is 13.0. The summed E-state index contributed by atoms with van der Waals surface area (Å²) in [6, 6.07) is 5.96. The first kappa shape index (κ1) is 25.0. The standard InChI is InChI=1S/C23H31N3O6/c1-4-14(2)19(22(30)26-12-8-11-17(26)23(31)32)25-21(29)20(28)15(3)24-18(27)13-16-9-6-5-7-10-16/h5-7,9-10,14-15,17,19H,4,8,11-13H2,1-3H3,(H,24,27)(H,25,29)(H,31,32)/t14?,15?,17-,19?/m0/s1. The Morgan fingerprint density at radius 3 is 2.34 bits per heavy atom. The Morgan fingerprint density at radius 1 is 1.09 bits per heavy atom. The van der Waals surface area contributed by atoms with Gasteiger partial charge in [-0.1, -0.05) is 50.6 Å². The van der Waals surface area contributed by atoms with E-state index >= 15 is 0 Å². The van der Waals surface area contributed by atoms with Crippen molar-refractivity contribution < 1.29 is 29.1 Å². The van der Waals surface area contributed by atoms with E-state index in [4.69, 9.17) is 0 Å². The number of likely N-dealkylation sites (tertiary alicyclic amines) is 1. The highest BCUT2D eigenvalue weighted by molar-refractivity contribution is 6.38. The number of carboxylic acid groups (broad SMARTS) is 1. The topological polar surface area (TPSA) is 133 Å². The predicted octanol–water partition coefficient (Wildman–Crippen LogP) is 0.909. The number of benzene rings is 1. The smallest absolute Gasteiger partial charge is 0.326 e. The van der Waals surface area contributed by atoms with Gasteiger partial charge in [0.2, 0.25) is 17.6 Å². The summed E-state index contributed by atoms with van der Waals surface area (Å²) in [4.78, 5) is 63.1. The minimum absolute atomic E-state index is 0.0690. The number of amides is 3. The van der Waals surface area contributed by atoms with E-state index in [1.807, 2.05) is 13.0 Å². The molecule has 3 amide bonds. The van der Waals surface area contributed by atoms with Crippen LogP contribution in [-0.2, 0) is 30.4 Å². The van der Waals surface area contributed by atoms with E-state index in [2.05, 4.69) is 10.6 Å². The van der Waals surface area contributed by atoms with Crippen LogP contribution in [-0.4, -0.2) is 64.2 Å². The second-order valence-corrected chi connectivity index (χ2v) is 8.18. The highest BCUT2D eigenvalue weighted by Crippen LogP contribution is 2.21. The van der Waals surface area contributed by atoms with Crippen molar-refractivity contribution in [2.75, 3.05) is 6.54 Å². The molecule has 4 atom stereocenters. The molecule has 2 rings (SSSR count). The van der Waals surface area contributed by atoms with Gasteiger partial charge in [-0.3, -0.25) is 19.2 Å². The molecule has 1 aromatic carbocycles. The SMILES string of the molecule is CCC(C)C(NC(=O)C(=O)C(C)NC(=O)Cc1ccccc1)C(=O)N1CCC[C@H]1C(=O)O. The highest BCUT2D eigenvalue weighted by atomic mass is 16.4. The van der Waals surface area contributed by atoms with Crippen LogP contribution in [0.15, 0.2) is 30.3 Å². The second kappa shape index (κ2) is 11.4. The molecule has 9 heteroatoms. The lowest BCUT2D eigenvalue weighted by Crippen LogP contribution is -2.56. The van der Waals surface area contributed by atoms with Crippen molar-refractivity contribution >= 4 is 29.5 Å². The number of hydrogen-bond donors (Lipinski definition) is 3. The normalized spacial score (nSPS) is 18.3. The Kier molecular flexibility index (Phi) is 8.92. The summed E-state index contributed by atoms with van der Waals surface area (Å²) in [5.41, 5.74) is 0.773. The van der Waals surface area contributed by atoms with E-state index in [1.165, 1.54) is 11.8 Å². The fourth-order valence-electron chi connectivity index (χ4n) is 3.70. The average molecular weight is 446 g/mol. The van der Waals surface area contributed by atoms with Gasteiger partial charge in [-0.25, -0.2) is 4.79 Å². The molecule has 1 aliphatic rings. The Balaban J connectivity index is 2.02. The zero-order chi connectivity index (χ0) is 23.8. The number of aliphatic carboxylic acids is 1. The largest absolute Gasteiger partial charge is 0.480 e. The first-order valence-corrected chi connectivity index (χ1v) is 10.9. The maximum Gasteiger partial charge on any atom is 0.326 e. The zero-order valence-electron chi connectivity index (χ0n) is 18.7. The van der Waals surface area contributed by atoms with Crippen molar-refractivity contribution in [1.29, 1.82) is 0 Å². The molecule has 0 spiro atoms. The molecule has 174 valence electrons. The summed E-state index contributed by atoms with van der Waals surface area (Å²) in [5, 5.41) is 14.4. The summed E-state index contributed by atoms with van der Waals surface area (Å²) < 4.78 is 0. The fourth-order valence-corrected chi connectivity index (χ4v) is 3.70. The van der Waals surface area contributed by atoms with Crippen LogP contribution >= 0.6 is 0 Å². The third-order valence-electron chi connectivity index (χ3n) is 5.79. The van der Waals surface area contributed by atoms with E-state index in [9.17, 15) is 29.1 Å². The van der Waals surface area contributed by atoms with Gasteiger partial charge in [0.05, 0.1) is 12.5 Å². The summed E-state index contributed by atoms with van der Waals surface area (Å²) in [7, 11) is 0. The van der Waals surface area contributed by atoms with Gasteiger partial charge in [0, 0.05) is 6.54 Å². The molecule has 0 bridgehead atoms. The Hall–Kier alpha value is -3.23. The van der Waals surface area contributed by atoms with E-state index in [0.29, 0.717) is 25.8 Å². The van der Waals surface area contributed by atoms with E-state index in [-0.39, 0.29) is 12.3 Å². The second-order valence-electron chi connectivity index (χ2n) is 8.18. The van der Waals surface area contributed by atoms with Crippen molar-refractivity contribution in [3.8, 4) is 0 Å². The van der Waals surface area contributed by atoms with E-state index in [0.717, 1.165) is 5.56 Å². The Labute approximate surface area is 187 Å². The molecule has 0 radical (unpaired) electrons. The number of carbonyl (C=O) groups excluding carboxylic acids is 4. The molecule has 1 saturated heterocycles. The average Bonchev–Trinajstić information content (AvgIpc) is 3.26. The monoisotopic (exact) mass is 445 g/mol. The van der Waals surface area contributed by atoms with Crippen molar-refractivity contribution in [1.82, 2.24) is 15.5 Å². The summed E-state index contributed by atoms with van der Waals surface area (Å²) in [6.45, 7) is 5.29. The first-order chi connectivity index (χ1) is 15.1. The molecule has 1 heterocycles. The highest BCUT2D eigenvalue weighted by Gasteiger charge is 2.40. The molecule has 1 aliphatic heterocycles. The molecule has 32 heavy (non-hydrogen) atoms. The van der Waals surface area contributed by atoms with E-state index < -0.39 is 47.6 Å². The van der Waals surface area contributed by atoms with Crippen molar-refractivity contribution in [3.63, 3.8) is 0 Å². The molecule has 0 aromatic heterocycles. The third kappa shape index (κ3) is 6.38. The number of nitrogens with one attached hydrogen (secondary N) is 2. The van der Waals surface area contributed by atoms with Crippen LogP contribution in [0.2, 0.25) is 0 Å². The molecule has 0 aliphatic carbocycles. The van der Waals surface area contributed by atoms with Crippen LogP contribution in [0.1, 0.15) is 45.6 Å². The lowest BCUT2D eigenvalue weighted by Gasteiger charge is -2.30. The molecular weight excluding hydrogens is 414 g/mol. The molecule has 9 nitrogen and oxygen atoms in total. The number of rotatable bonds is 10. The summed E-state index contributed by atoms with van der Waals surface area (Å²) >= 11 is 0. The Morgan fingerprint density at radius 2 is 1.75 bits per heavy atom. The van der Waals surface area contributed by atoms with Crippen LogP contribution in [0.5, 0.6) is 0 Å². The number of Topliss-reactive ketones (excluding diaryl/α,β-unsaturated/α-hetero) is 1. The molecule has 3 unspecified atom stereocenters. The van der Waals surface area contributed by atoms with Crippen molar-refractivity contribution in [2.24, 2.45) is 5.92 Å². The Bertz CT molecular complexity index is 857. The van der Waals surface area contributed by atoms with Gasteiger partial charge in [0.15, 0.2) is 0 Å². The molecular formula is C23H31N3O6. The van der Waals surface area contributed by atoms with Gasteiger partial charge in [0.1, 0.15) is 12.1 Å². The first-order valence-electron chi connectivity index (χ1n) is 10.9. The van der Waals surface area contributed by atoms with Gasteiger partial charge in [-0.15, -0.1) is 0 Å². The summed E-state index contributed by atoms with van der Waals surface area (Å²) in [6.07, 6.45) is 1.53. The van der Waals surface area contributed by atoms with Crippen LogP contribution in [0.25, 0.3) is 0 Å². The quantitative estimate of drug-likeness (QED) is 0.459. The van der Waals surface area contributed by atoms with Gasteiger partial charge < -0.3 is 20.6 Å². The zero-order valence-corrected chi connectivity index (χ0v) is 18.7. The number of ketones is 1. The molecule has 0 saturated carbocycles. The third-order valence-corrected chi connectivity index (χ3v) is 5.79. The predicted molar refractivity (Wildman–Crippen MR) is 117 cm³/mol. The van der Waals surface area contributed by atoms with E-state index in [1.54, 1.807) is 31.2 Å². The number of nitrogens with zero attached hydrogens (tertiary/aromatic N) is 1. The number of hydrogen-bond acceptors (Lipinski definition) is 5. The summed E-state index contributed by atoms with van der Waals surface area (Å²) in [5.74, 6) is -4.16. The van der Waals surface area contributed by atoms with Crippen LogP contribution in [0, 0.1) is 5.92 Å². The molecule has 1 aromatic rings. The van der Waals surface area contributed by atoms with Gasteiger partial charge in [-0.05, 0) is 31.2 Å². The minimum atomic E-state index is -1.09. The van der Waals surface area contributed by atoms with Crippen LogP contribution in [0.3, 0.4) is 0 Å². The van der Waals surface area contributed by atoms with Gasteiger partial charge >= 0.3 is 5.97 Å². The van der Waals surface area contributed by atoms with Gasteiger partial charge in [-0.2, -0.15) is 0 Å². The molecule has 1 fully saturated rings. The van der Waals surface area contributed by atoms with Gasteiger partial charge in [0.25, 0.3) is 5.91 Å². The van der Waals surface area contributed by atoms with Crippen molar-refractivity contribution in [2.45, 2.75) is 64.6 Å². The van der Waals surface area contributed by atoms with Crippen LogP contribution < -0.4 is 10.6 Å². The van der Waals surface area contributed by atoms with Crippen LogP contribution in [0.4, 0.5) is 0 Å². The molecule has 3 N–H and O–H groups in total. The lowest BCUT2D eigenvalue weighted by molar-refractivity contribution is -0.150. The maximum atomic E-state index is 13.0. The number of carboxylic acids is 1. The minimum Gasteiger partial charge on any atom is -0.480 e. The fraction of sp³-hybridized carbons (Fsp3) is 0.522. The van der Waals surface area contributed by atoms with Crippen molar-refractivity contribution in [3.05, 3.63) is 35.9 Å². The lowest BCUT2D eigenvalue weighted by atomic mass is 9.97. The number of carbonyl (C=O) groups is 5.